The average Bonchev–Trinajstić information content (AvgIpc) is 2.01. The van der Waals surface area contributed by atoms with Gasteiger partial charge in [0.15, 0.2) is 17.4 Å². The van der Waals surface area contributed by atoms with Crippen molar-refractivity contribution in [3.05, 3.63) is 0 Å². The van der Waals surface area contributed by atoms with Crippen molar-refractivity contribution in [1.29, 1.82) is 0 Å². The van der Waals surface area contributed by atoms with Crippen LogP contribution in [0, 0.1) is 0 Å². The van der Waals surface area contributed by atoms with Gasteiger partial charge in [0.05, 0.1) is 0 Å². The van der Waals surface area contributed by atoms with Crippen LogP contribution >= 0.6 is 0 Å². The first-order valence-corrected chi connectivity index (χ1v) is 6.83. The molecule has 0 rings (SSSR count). The lowest BCUT2D eigenvalue weighted by Crippen LogP contribution is -2.35. The number of hydrogen-bond acceptors (Lipinski definition) is 3. The molecule has 0 aliphatic carbocycles. The van der Waals surface area contributed by atoms with Crippen molar-refractivity contribution in [2.75, 3.05) is 0 Å². The molecule has 0 aliphatic heterocycles. The highest BCUT2D eigenvalue weighted by Crippen LogP contribution is 2.06. The molecule has 1 atom stereocenters. The largest absolute Gasteiger partial charge is 0.906 e. The third kappa shape index (κ3) is 11.2. The van der Waals surface area contributed by atoms with Gasteiger partial charge in [-0.15, -0.1) is 0 Å². The summed E-state index contributed by atoms with van der Waals surface area (Å²) >= 11 is -1.93. The van der Waals surface area contributed by atoms with E-state index >= 15 is 0 Å². The summed E-state index contributed by atoms with van der Waals surface area (Å²) in [4.78, 5) is 0. The molecular formula is C10H26Al2O3. The summed E-state index contributed by atoms with van der Waals surface area (Å²) in [6.45, 7) is 12.2. The van der Waals surface area contributed by atoms with E-state index in [4.69, 9.17) is 11.4 Å². The van der Waals surface area contributed by atoms with Gasteiger partial charge in [-0.3, -0.25) is 0 Å². The minimum Gasteiger partial charge on any atom is -0.452 e. The Morgan fingerprint density at radius 2 is 1.27 bits per heavy atom. The quantitative estimate of drug-likeness (QED) is 0.638. The van der Waals surface area contributed by atoms with E-state index in [-0.39, 0.29) is 35.7 Å². The van der Waals surface area contributed by atoms with Crippen molar-refractivity contribution in [2.45, 2.75) is 66.3 Å². The lowest BCUT2D eigenvalue weighted by Gasteiger charge is -2.21. The third-order valence-electron chi connectivity index (χ3n) is 1.68. The van der Waals surface area contributed by atoms with Gasteiger partial charge in [-0.25, -0.2) is 0 Å². The zero-order chi connectivity index (χ0) is 11.1. The second-order valence-corrected chi connectivity index (χ2v) is 5.41. The smallest absolute Gasteiger partial charge is 0.452 e. The fourth-order valence-electron chi connectivity index (χ4n) is 0.827. The highest BCUT2D eigenvalue weighted by Gasteiger charge is 2.34. The van der Waals surface area contributed by atoms with E-state index in [1.165, 1.54) is 0 Å². The molecule has 0 aliphatic rings. The van der Waals surface area contributed by atoms with E-state index < -0.39 is 15.1 Å². The molecular weight excluding hydrogens is 222 g/mol. The van der Waals surface area contributed by atoms with E-state index in [9.17, 15) is 0 Å². The van der Waals surface area contributed by atoms with E-state index in [0.29, 0.717) is 0 Å². The van der Waals surface area contributed by atoms with Crippen LogP contribution in [-0.4, -0.2) is 50.8 Å². The van der Waals surface area contributed by atoms with Crippen LogP contribution in [0.5, 0.6) is 0 Å². The van der Waals surface area contributed by atoms with Gasteiger partial charge in [0.25, 0.3) is 0 Å². The zero-order valence-corrected chi connectivity index (χ0v) is 11.4. The van der Waals surface area contributed by atoms with Crippen LogP contribution in [0.15, 0.2) is 0 Å². The normalized spacial score (nSPS) is 12.8. The maximum atomic E-state index is 5.72. The second kappa shape index (κ2) is 10.1. The first kappa shape index (κ1) is 18.3. The van der Waals surface area contributed by atoms with Crippen molar-refractivity contribution in [2.24, 2.45) is 0 Å². The number of hydrogen-bond donors (Lipinski definition) is 0. The molecule has 0 radical (unpaired) electrons. The Balaban J connectivity index is 0. The van der Waals surface area contributed by atoms with Crippen molar-refractivity contribution >= 4 is 32.5 Å². The second-order valence-electron chi connectivity index (χ2n) is 4.01. The van der Waals surface area contributed by atoms with Crippen LogP contribution in [0.3, 0.4) is 0 Å². The Morgan fingerprint density at radius 3 is 1.53 bits per heavy atom. The van der Waals surface area contributed by atoms with Crippen molar-refractivity contribution < 1.29 is 11.4 Å². The lowest BCUT2D eigenvalue weighted by atomic mass is 10.3. The first-order chi connectivity index (χ1) is 6.45. The molecule has 0 aromatic heterocycles. The van der Waals surface area contributed by atoms with Gasteiger partial charge in [0.2, 0.25) is 0 Å². The molecule has 90 valence electrons. The zero-order valence-electron chi connectivity index (χ0n) is 10.2. The van der Waals surface area contributed by atoms with E-state index in [1.807, 2.05) is 34.6 Å². The Labute approximate surface area is 110 Å². The fourth-order valence-corrected chi connectivity index (χ4v) is 2.48. The highest BCUT2D eigenvalue weighted by atomic mass is 27.3. The molecule has 5 heteroatoms. The summed E-state index contributed by atoms with van der Waals surface area (Å²) in [7, 11) is 0. The minimum atomic E-state index is -1.93. The summed E-state index contributed by atoms with van der Waals surface area (Å²) in [6.07, 6.45) is 1.57. The van der Waals surface area contributed by atoms with Crippen LogP contribution in [0.2, 0.25) is 0 Å². The summed E-state index contributed by atoms with van der Waals surface area (Å²) < 4.78 is 17.0. The first-order valence-electron chi connectivity index (χ1n) is 5.42. The Hall–Kier alpha value is 0.945. The molecule has 0 amide bonds. The average molecular weight is 248 g/mol. The Kier molecular flexibility index (Phi) is 12.4. The molecule has 0 aromatic carbocycles. The van der Waals surface area contributed by atoms with E-state index in [2.05, 4.69) is 6.92 Å². The van der Waals surface area contributed by atoms with Gasteiger partial charge in [-0.05, 0) is 41.0 Å². The standard InChI is InChI=1S/C4H9O.2C3H7O.2Al.3H/c1-3-4(2)5;2*1-3(2)4;;;;;/h4H,3H2,1-2H3;2*3H,1-2H3;;;;;/q3*-1;;+3;;;. The van der Waals surface area contributed by atoms with Gasteiger partial charge in [-0.2, -0.15) is 0 Å². The SMILES string of the molecule is CCC(C)[O][Al]([O]C(C)C)[O]C(C)C.[AlH3]. The molecule has 0 heterocycles. The molecule has 1 unspecified atom stereocenters. The van der Waals surface area contributed by atoms with Crippen molar-refractivity contribution in [1.82, 2.24) is 0 Å². The van der Waals surface area contributed by atoms with Crippen molar-refractivity contribution in [3.63, 3.8) is 0 Å². The fraction of sp³-hybridized carbons (Fsp3) is 1.00. The minimum absolute atomic E-state index is 0. The highest BCUT2D eigenvalue weighted by molar-refractivity contribution is 6.36. The predicted molar refractivity (Wildman–Crippen MR) is 69.0 cm³/mol. The van der Waals surface area contributed by atoms with Gasteiger partial charge in [0.1, 0.15) is 0 Å². The molecule has 0 saturated heterocycles. The molecule has 0 spiro atoms. The Morgan fingerprint density at radius 1 is 0.867 bits per heavy atom. The van der Waals surface area contributed by atoms with Gasteiger partial charge in [0, 0.05) is 18.3 Å². The molecule has 0 fully saturated rings. The van der Waals surface area contributed by atoms with Gasteiger partial charge < -0.3 is 11.4 Å². The van der Waals surface area contributed by atoms with Crippen LogP contribution in [0.4, 0.5) is 0 Å². The molecule has 0 saturated carbocycles. The summed E-state index contributed by atoms with van der Waals surface area (Å²) in [5.74, 6) is 0. The summed E-state index contributed by atoms with van der Waals surface area (Å²) in [5.41, 5.74) is 0. The maximum absolute atomic E-state index is 5.72. The molecule has 15 heavy (non-hydrogen) atoms. The van der Waals surface area contributed by atoms with Crippen LogP contribution in [0.1, 0.15) is 48.0 Å². The predicted octanol–water partition coefficient (Wildman–Crippen LogP) is 1.45. The number of rotatable bonds is 7. The Bertz CT molecular complexity index is 133. The van der Waals surface area contributed by atoms with Gasteiger partial charge in [-0.1, -0.05) is 6.92 Å². The molecule has 3 nitrogen and oxygen atoms in total. The van der Waals surface area contributed by atoms with Crippen molar-refractivity contribution in [3.8, 4) is 0 Å². The monoisotopic (exact) mass is 248 g/mol. The molecule has 0 aromatic rings. The van der Waals surface area contributed by atoms with E-state index in [1.54, 1.807) is 0 Å². The van der Waals surface area contributed by atoms with Crippen LogP contribution in [-0.2, 0) is 11.4 Å². The summed E-state index contributed by atoms with van der Waals surface area (Å²) in [6, 6.07) is 0. The van der Waals surface area contributed by atoms with E-state index in [0.717, 1.165) is 6.42 Å². The third-order valence-corrected chi connectivity index (χ3v) is 3.90. The summed E-state index contributed by atoms with van der Waals surface area (Å²) in [5, 5.41) is 0. The molecule has 0 N–H and O–H groups in total. The molecule has 0 bridgehead atoms. The van der Waals surface area contributed by atoms with Gasteiger partial charge >= 0.3 is 15.1 Å². The maximum Gasteiger partial charge on any atom is 0.906 e. The van der Waals surface area contributed by atoms with Crippen LogP contribution < -0.4 is 0 Å². The van der Waals surface area contributed by atoms with Crippen LogP contribution in [0.25, 0.3) is 0 Å². The lowest BCUT2D eigenvalue weighted by molar-refractivity contribution is 0.0281. The topological polar surface area (TPSA) is 27.7 Å².